The highest BCUT2D eigenvalue weighted by Gasteiger charge is 2.31. The van der Waals surface area contributed by atoms with E-state index in [2.05, 4.69) is 9.97 Å². The van der Waals surface area contributed by atoms with E-state index in [1.54, 1.807) is 11.0 Å². The molecule has 0 unspecified atom stereocenters. The zero-order chi connectivity index (χ0) is 19.7. The number of nitrogens with one attached hydrogen (secondary N) is 1. The number of imidazole rings is 1. The fraction of sp³-hybridized carbons (Fsp3) is 0.294. The molecule has 0 atom stereocenters. The minimum atomic E-state index is -3.55. The van der Waals surface area contributed by atoms with Crippen LogP contribution in [0.1, 0.15) is 0 Å². The molecule has 0 saturated carbocycles. The highest BCUT2D eigenvalue weighted by Crippen LogP contribution is 2.28. The summed E-state index contributed by atoms with van der Waals surface area (Å²) in [5.41, 5.74) is 1.80. The van der Waals surface area contributed by atoms with Gasteiger partial charge < -0.3 is 9.88 Å². The van der Waals surface area contributed by atoms with Gasteiger partial charge in [-0.2, -0.15) is 4.31 Å². The molecule has 1 fully saturated rings. The molecule has 7 nitrogen and oxygen atoms in total. The average Bonchev–Trinajstić information content (AvgIpc) is 3.32. The molecule has 3 heterocycles. The topological polar surface area (TPSA) is 86.4 Å². The van der Waals surface area contributed by atoms with E-state index < -0.39 is 10.0 Å². The van der Waals surface area contributed by atoms with Crippen LogP contribution in [0.2, 0.25) is 4.34 Å². The van der Waals surface area contributed by atoms with Crippen molar-refractivity contribution in [3.05, 3.63) is 40.7 Å². The Bertz CT molecular complexity index is 1070. The van der Waals surface area contributed by atoms with Crippen LogP contribution < -0.4 is 0 Å². The fourth-order valence-corrected chi connectivity index (χ4v) is 6.81. The molecule has 11 heteroatoms. The zero-order valence-corrected chi connectivity index (χ0v) is 17.9. The van der Waals surface area contributed by atoms with Crippen LogP contribution in [-0.4, -0.2) is 65.4 Å². The number of carbonyl (C=O) groups is 1. The lowest BCUT2D eigenvalue weighted by molar-refractivity contribution is -0.129. The van der Waals surface area contributed by atoms with Crippen molar-refractivity contribution in [2.45, 2.75) is 9.37 Å². The molecule has 1 N–H and O–H groups in total. The summed E-state index contributed by atoms with van der Waals surface area (Å²) in [6.07, 6.45) is 0. The second-order valence-electron chi connectivity index (χ2n) is 6.19. The van der Waals surface area contributed by atoms with Crippen LogP contribution >= 0.6 is 34.7 Å². The van der Waals surface area contributed by atoms with E-state index in [0.29, 0.717) is 22.6 Å². The Morgan fingerprint density at radius 1 is 1.18 bits per heavy atom. The van der Waals surface area contributed by atoms with Crippen molar-refractivity contribution >= 4 is 61.7 Å². The maximum absolute atomic E-state index is 12.6. The van der Waals surface area contributed by atoms with Crippen molar-refractivity contribution < 1.29 is 13.2 Å². The fourth-order valence-electron chi connectivity index (χ4n) is 2.96. The lowest BCUT2D eigenvalue weighted by Gasteiger charge is -2.33. The van der Waals surface area contributed by atoms with Crippen LogP contribution in [-0.2, 0) is 14.8 Å². The molecule has 1 aromatic carbocycles. The molecule has 0 aliphatic carbocycles. The number of piperazine rings is 1. The van der Waals surface area contributed by atoms with Gasteiger partial charge in [0, 0.05) is 26.2 Å². The standard InChI is InChI=1S/C17H17ClN4O3S3/c18-14-5-6-16(27-14)28(24,25)22-9-7-21(8-10-22)15(23)11-26-17-19-12-3-1-2-4-13(12)20-17/h1-6H,7-11H2,(H,19,20). The Morgan fingerprint density at radius 3 is 2.61 bits per heavy atom. The lowest BCUT2D eigenvalue weighted by atomic mass is 10.3. The van der Waals surface area contributed by atoms with E-state index in [-0.39, 0.29) is 29.0 Å². The third kappa shape index (κ3) is 4.06. The minimum Gasteiger partial charge on any atom is -0.339 e. The van der Waals surface area contributed by atoms with E-state index in [1.807, 2.05) is 24.3 Å². The normalized spacial score (nSPS) is 16.0. The van der Waals surface area contributed by atoms with Gasteiger partial charge in [-0.25, -0.2) is 13.4 Å². The number of aromatic nitrogens is 2. The van der Waals surface area contributed by atoms with Crippen LogP contribution in [0.3, 0.4) is 0 Å². The van der Waals surface area contributed by atoms with Crippen molar-refractivity contribution in [1.29, 1.82) is 0 Å². The molecular formula is C17H17ClN4O3S3. The molecule has 4 rings (SSSR count). The molecule has 0 bridgehead atoms. The van der Waals surface area contributed by atoms with Gasteiger partial charge in [-0.15, -0.1) is 11.3 Å². The first-order valence-corrected chi connectivity index (χ1v) is 12.2. The molecule has 3 aromatic rings. The van der Waals surface area contributed by atoms with Gasteiger partial charge in [0.1, 0.15) is 4.21 Å². The van der Waals surface area contributed by atoms with Crippen LogP contribution in [0.4, 0.5) is 0 Å². The number of carbonyl (C=O) groups excluding carboxylic acids is 1. The summed E-state index contributed by atoms with van der Waals surface area (Å²) in [6, 6.07) is 10.8. The quantitative estimate of drug-likeness (QED) is 0.596. The van der Waals surface area contributed by atoms with Crippen LogP contribution in [0.5, 0.6) is 0 Å². The minimum absolute atomic E-state index is 0.0262. The summed E-state index contributed by atoms with van der Waals surface area (Å²) >= 11 is 8.25. The number of para-hydroxylation sites is 2. The third-order valence-electron chi connectivity index (χ3n) is 4.43. The van der Waals surface area contributed by atoms with Gasteiger partial charge in [0.15, 0.2) is 5.16 Å². The van der Waals surface area contributed by atoms with Crippen LogP contribution in [0.15, 0.2) is 45.8 Å². The van der Waals surface area contributed by atoms with Gasteiger partial charge in [-0.3, -0.25) is 4.79 Å². The summed E-state index contributed by atoms with van der Waals surface area (Å²) in [7, 11) is -3.55. The number of amides is 1. The van der Waals surface area contributed by atoms with E-state index in [0.717, 1.165) is 22.4 Å². The van der Waals surface area contributed by atoms with Crippen LogP contribution in [0, 0.1) is 0 Å². The highest BCUT2D eigenvalue weighted by molar-refractivity contribution is 7.99. The predicted molar refractivity (Wildman–Crippen MR) is 111 cm³/mol. The molecular weight excluding hydrogens is 440 g/mol. The van der Waals surface area contributed by atoms with Crippen LogP contribution in [0.25, 0.3) is 11.0 Å². The second-order valence-corrected chi connectivity index (χ2v) is 11.0. The first kappa shape index (κ1) is 19.7. The smallest absolute Gasteiger partial charge is 0.252 e. The van der Waals surface area contributed by atoms with Gasteiger partial charge in [0.05, 0.1) is 21.1 Å². The Labute approximate surface area is 175 Å². The molecule has 2 aromatic heterocycles. The number of thioether (sulfide) groups is 1. The number of benzene rings is 1. The van der Waals surface area contributed by atoms with Gasteiger partial charge in [-0.05, 0) is 24.3 Å². The number of fused-ring (bicyclic) bond motifs is 1. The monoisotopic (exact) mass is 456 g/mol. The van der Waals surface area contributed by atoms with Crippen molar-refractivity contribution in [3.63, 3.8) is 0 Å². The van der Waals surface area contributed by atoms with E-state index in [1.165, 1.54) is 22.1 Å². The Balaban J connectivity index is 1.32. The maximum atomic E-state index is 12.6. The SMILES string of the molecule is O=C(CSc1nc2ccccc2[nH]1)N1CCN(S(=O)(=O)c2ccc(Cl)s2)CC1. The molecule has 0 radical (unpaired) electrons. The summed E-state index contributed by atoms with van der Waals surface area (Å²) in [5, 5.41) is 0.699. The maximum Gasteiger partial charge on any atom is 0.252 e. The number of nitrogens with zero attached hydrogens (tertiary/aromatic N) is 3. The Morgan fingerprint density at radius 2 is 1.93 bits per heavy atom. The van der Waals surface area contributed by atoms with Gasteiger partial charge >= 0.3 is 0 Å². The number of rotatable bonds is 5. The van der Waals surface area contributed by atoms with E-state index in [4.69, 9.17) is 11.6 Å². The number of thiophene rings is 1. The molecule has 1 saturated heterocycles. The Kier molecular flexibility index (Phi) is 5.66. The molecule has 0 spiro atoms. The second kappa shape index (κ2) is 8.03. The molecule has 28 heavy (non-hydrogen) atoms. The summed E-state index contributed by atoms with van der Waals surface area (Å²) in [6.45, 7) is 1.30. The van der Waals surface area contributed by atoms with Gasteiger partial charge in [0.25, 0.3) is 10.0 Å². The number of sulfonamides is 1. The summed E-state index contributed by atoms with van der Waals surface area (Å²) < 4.78 is 27.3. The number of halogens is 1. The Hall–Kier alpha value is -1.59. The highest BCUT2D eigenvalue weighted by atomic mass is 35.5. The molecule has 1 aliphatic heterocycles. The van der Waals surface area contributed by atoms with E-state index >= 15 is 0 Å². The average molecular weight is 457 g/mol. The molecule has 148 valence electrons. The lowest BCUT2D eigenvalue weighted by Crippen LogP contribution is -2.50. The predicted octanol–water partition coefficient (Wildman–Crippen LogP) is 2.90. The van der Waals surface area contributed by atoms with Gasteiger partial charge in [0.2, 0.25) is 5.91 Å². The first-order valence-electron chi connectivity index (χ1n) is 8.54. The van der Waals surface area contributed by atoms with E-state index in [9.17, 15) is 13.2 Å². The number of H-pyrrole nitrogens is 1. The molecule has 1 amide bonds. The number of aromatic amines is 1. The number of hydrogen-bond acceptors (Lipinski definition) is 6. The molecule has 1 aliphatic rings. The largest absolute Gasteiger partial charge is 0.339 e. The summed E-state index contributed by atoms with van der Waals surface area (Å²) in [5.74, 6) is 0.231. The zero-order valence-electron chi connectivity index (χ0n) is 14.7. The van der Waals surface area contributed by atoms with Crippen molar-refractivity contribution in [1.82, 2.24) is 19.2 Å². The summed E-state index contributed by atoms with van der Waals surface area (Å²) in [4.78, 5) is 21.8. The van der Waals surface area contributed by atoms with Crippen molar-refractivity contribution in [2.24, 2.45) is 0 Å². The first-order chi connectivity index (χ1) is 13.4. The van der Waals surface area contributed by atoms with Crippen molar-refractivity contribution in [3.8, 4) is 0 Å². The van der Waals surface area contributed by atoms with Crippen molar-refractivity contribution in [2.75, 3.05) is 31.9 Å². The third-order valence-corrected chi connectivity index (χ3v) is 8.89. The van der Waals surface area contributed by atoms with Gasteiger partial charge in [-0.1, -0.05) is 35.5 Å². The number of hydrogen-bond donors (Lipinski definition) is 1.